The standard InChI is InChI=1S/C35H36N6O/c1-23-9-6-12-30-31(22-37-34(23)30)35-24(2)21-36-32(40-35)20-26-10-7-11-29(19-26)38-25(3)27-14-16-28(17-15-27)39-33(42)13-8-18-41(4)5/h6-17,19,21-22,37-38H,3,18,20H2,1-2,4-5H3,(H,39,42)/b13-8+. The summed E-state index contributed by atoms with van der Waals surface area (Å²) in [6.07, 6.45) is 7.93. The van der Waals surface area contributed by atoms with Crippen LogP contribution >= 0.6 is 0 Å². The lowest BCUT2D eigenvalue weighted by atomic mass is 10.0. The third kappa shape index (κ3) is 6.82. The van der Waals surface area contributed by atoms with Crippen LogP contribution in [0.4, 0.5) is 11.4 Å². The number of para-hydroxylation sites is 1. The number of nitrogens with one attached hydrogen (secondary N) is 3. The monoisotopic (exact) mass is 556 g/mol. The number of hydrogen-bond acceptors (Lipinski definition) is 5. The molecule has 0 spiro atoms. The van der Waals surface area contributed by atoms with Gasteiger partial charge in [0.05, 0.1) is 5.69 Å². The molecule has 0 unspecified atom stereocenters. The van der Waals surface area contributed by atoms with Crippen molar-refractivity contribution in [1.29, 1.82) is 0 Å². The maximum Gasteiger partial charge on any atom is 0.248 e. The van der Waals surface area contributed by atoms with E-state index >= 15 is 0 Å². The van der Waals surface area contributed by atoms with Crippen LogP contribution in [0.3, 0.4) is 0 Å². The van der Waals surface area contributed by atoms with Gasteiger partial charge in [-0.15, -0.1) is 0 Å². The molecule has 0 fully saturated rings. The summed E-state index contributed by atoms with van der Waals surface area (Å²) in [4.78, 5) is 27.1. The van der Waals surface area contributed by atoms with Crippen LogP contribution in [0.2, 0.25) is 0 Å². The lowest BCUT2D eigenvalue weighted by molar-refractivity contribution is -0.111. The summed E-state index contributed by atoms with van der Waals surface area (Å²) in [5.74, 6) is 0.613. The number of likely N-dealkylation sites (N-methyl/N-ethyl adjacent to an activating group) is 1. The number of aryl methyl sites for hydroxylation is 2. The van der Waals surface area contributed by atoms with Crippen LogP contribution in [0, 0.1) is 13.8 Å². The second kappa shape index (κ2) is 12.7. The average molecular weight is 557 g/mol. The zero-order chi connectivity index (χ0) is 29.6. The number of aromatic amines is 1. The van der Waals surface area contributed by atoms with Gasteiger partial charge in [-0.1, -0.05) is 55.1 Å². The summed E-state index contributed by atoms with van der Waals surface area (Å²) >= 11 is 0. The third-order valence-electron chi connectivity index (χ3n) is 7.03. The van der Waals surface area contributed by atoms with E-state index in [9.17, 15) is 4.79 Å². The number of nitrogens with zero attached hydrogens (tertiary/aromatic N) is 3. The van der Waals surface area contributed by atoms with Gasteiger partial charge >= 0.3 is 0 Å². The predicted molar refractivity (Wildman–Crippen MR) is 173 cm³/mol. The first-order valence-electron chi connectivity index (χ1n) is 13.9. The minimum atomic E-state index is -0.153. The Morgan fingerprint density at radius 3 is 2.55 bits per heavy atom. The number of anilines is 2. The van der Waals surface area contributed by atoms with Gasteiger partial charge in [0.2, 0.25) is 5.91 Å². The molecular weight excluding hydrogens is 520 g/mol. The molecule has 2 aromatic heterocycles. The topological polar surface area (TPSA) is 85.9 Å². The molecule has 7 heteroatoms. The second-order valence-corrected chi connectivity index (χ2v) is 10.7. The normalized spacial score (nSPS) is 11.4. The van der Waals surface area contributed by atoms with E-state index in [2.05, 4.69) is 64.4 Å². The molecule has 2 heterocycles. The van der Waals surface area contributed by atoms with Crippen LogP contribution in [0.5, 0.6) is 0 Å². The van der Waals surface area contributed by atoms with Crippen LogP contribution in [0.15, 0.2) is 97.9 Å². The highest BCUT2D eigenvalue weighted by Crippen LogP contribution is 2.31. The lowest BCUT2D eigenvalue weighted by Crippen LogP contribution is -2.12. The Bertz CT molecular complexity index is 1760. The zero-order valence-electron chi connectivity index (χ0n) is 24.5. The number of hydrogen-bond donors (Lipinski definition) is 3. The summed E-state index contributed by atoms with van der Waals surface area (Å²) in [7, 11) is 3.91. The van der Waals surface area contributed by atoms with E-state index in [-0.39, 0.29) is 5.91 Å². The van der Waals surface area contributed by atoms with Crippen molar-refractivity contribution in [3.8, 4) is 11.3 Å². The average Bonchev–Trinajstić information content (AvgIpc) is 3.40. The first-order valence-corrected chi connectivity index (χ1v) is 13.9. The summed E-state index contributed by atoms with van der Waals surface area (Å²) in [6, 6.07) is 22.1. The van der Waals surface area contributed by atoms with Gasteiger partial charge < -0.3 is 20.5 Å². The van der Waals surface area contributed by atoms with Crippen LogP contribution < -0.4 is 10.6 Å². The Labute approximate surface area is 247 Å². The van der Waals surface area contributed by atoms with Crippen molar-refractivity contribution in [2.24, 2.45) is 0 Å². The second-order valence-electron chi connectivity index (χ2n) is 10.7. The third-order valence-corrected chi connectivity index (χ3v) is 7.03. The van der Waals surface area contributed by atoms with Crippen LogP contribution in [0.25, 0.3) is 27.9 Å². The number of carbonyl (C=O) groups excluding carboxylic acids is 1. The van der Waals surface area contributed by atoms with Gasteiger partial charge in [0.15, 0.2) is 0 Å². The van der Waals surface area contributed by atoms with E-state index < -0.39 is 0 Å². The molecule has 0 aliphatic rings. The van der Waals surface area contributed by atoms with Crippen LogP contribution in [-0.4, -0.2) is 46.4 Å². The van der Waals surface area contributed by atoms with Gasteiger partial charge in [-0.25, -0.2) is 9.97 Å². The number of benzene rings is 3. The first kappa shape index (κ1) is 28.5. The molecule has 0 saturated carbocycles. The fraction of sp³-hybridized carbons (Fsp3) is 0.171. The highest BCUT2D eigenvalue weighted by atomic mass is 16.1. The molecule has 7 nitrogen and oxygen atoms in total. The molecule has 5 aromatic rings. The van der Waals surface area contributed by atoms with E-state index in [1.54, 1.807) is 6.08 Å². The largest absolute Gasteiger partial charge is 0.360 e. The quantitative estimate of drug-likeness (QED) is 0.162. The van der Waals surface area contributed by atoms with E-state index in [1.807, 2.05) is 80.8 Å². The van der Waals surface area contributed by atoms with Crippen molar-refractivity contribution in [2.75, 3.05) is 31.3 Å². The molecule has 0 saturated heterocycles. The smallest absolute Gasteiger partial charge is 0.248 e. The maximum absolute atomic E-state index is 12.1. The van der Waals surface area contributed by atoms with Crippen LogP contribution in [-0.2, 0) is 11.2 Å². The Morgan fingerprint density at radius 1 is 0.976 bits per heavy atom. The van der Waals surface area contributed by atoms with Gasteiger partial charge in [-0.05, 0) is 74.5 Å². The summed E-state index contributed by atoms with van der Waals surface area (Å²) < 4.78 is 0. The van der Waals surface area contributed by atoms with E-state index in [1.165, 1.54) is 10.9 Å². The summed E-state index contributed by atoms with van der Waals surface area (Å²) in [6.45, 7) is 9.09. The molecule has 1 amide bonds. The Kier molecular flexibility index (Phi) is 8.60. The number of fused-ring (bicyclic) bond motifs is 1. The molecule has 3 aromatic carbocycles. The number of amides is 1. The van der Waals surface area contributed by atoms with E-state index in [0.29, 0.717) is 13.0 Å². The Hall–Kier alpha value is -5.01. The molecule has 3 N–H and O–H groups in total. The Morgan fingerprint density at radius 2 is 1.76 bits per heavy atom. The van der Waals surface area contributed by atoms with Gasteiger partial charge in [0, 0.05) is 65.0 Å². The van der Waals surface area contributed by atoms with Gasteiger partial charge in [0.1, 0.15) is 5.82 Å². The zero-order valence-corrected chi connectivity index (χ0v) is 24.5. The SMILES string of the molecule is C=C(Nc1cccc(Cc2ncc(C)c(-c3c[nH]c4c(C)cccc34)n2)c1)c1ccc(NC(=O)/C=C/CN(C)C)cc1. The van der Waals surface area contributed by atoms with E-state index in [4.69, 9.17) is 4.98 Å². The fourth-order valence-electron chi connectivity index (χ4n) is 4.84. The highest BCUT2D eigenvalue weighted by molar-refractivity contribution is 5.99. The molecular formula is C35H36N6O. The number of carbonyl (C=O) groups is 1. The molecule has 42 heavy (non-hydrogen) atoms. The summed E-state index contributed by atoms with van der Waals surface area (Å²) in [5, 5.41) is 7.46. The molecule has 0 aliphatic carbocycles. The molecule has 0 radical (unpaired) electrons. The fourth-order valence-corrected chi connectivity index (χ4v) is 4.84. The highest BCUT2D eigenvalue weighted by Gasteiger charge is 2.13. The molecule has 0 aliphatic heterocycles. The molecule has 0 atom stereocenters. The van der Waals surface area contributed by atoms with Gasteiger partial charge in [0.25, 0.3) is 0 Å². The number of rotatable bonds is 10. The minimum Gasteiger partial charge on any atom is -0.360 e. The van der Waals surface area contributed by atoms with Crippen LogP contribution in [0.1, 0.15) is 28.1 Å². The molecule has 212 valence electrons. The Balaban J connectivity index is 1.25. The first-order chi connectivity index (χ1) is 20.3. The summed E-state index contributed by atoms with van der Waals surface area (Å²) in [5.41, 5.74) is 9.88. The number of aromatic nitrogens is 3. The van der Waals surface area contributed by atoms with Crippen molar-refractivity contribution in [3.63, 3.8) is 0 Å². The lowest BCUT2D eigenvalue weighted by Gasteiger charge is -2.12. The number of H-pyrrole nitrogens is 1. The van der Waals surface area contributed by atoms with Gasteiger partial charge in [-0.3, -0.25) is 4.79 Å². The van der Waals surface area contributed by atoms with Gasteiger partial charge in [-0.2, -0.15) is 0 Å². The van der Waals surface area contributed by atoms with Crippen molar-refractivity contribution in [1.82, 2.24) is 19.9 Å². The molecule has 5 rings (SSSR count). The van der Waals surface area contributed by atoms with Crippen molar-refractivity contribution < 1.29 is 4.79 Å². The minimum absolute atomic E-state index is 0.153. The van der Waals surface area contributed by atoms with E-state index in [0.717, 1.165) is 56.4 Å². The van der Waals surface area contributed by atoms with Crippen molar-refractivity contribution in [2.45, 2.75) is 20.3 Å². The molecule has 0 bridgehead atoms. The maximum atomic E-state index is 12.1. The van der Waals surface area contributed by atoms with Crippen molar-refractivity contribution >= 4 is 33.9 Å². The van der Waals surface area contributed by atoms with Crippen molar-refractivity contribution in [3.05, 3.63) is 126 Å². The predicted octanol–water partition coefficient (Wildman–Crippen LogP) is 6.97.